The summed E-state index contributed by atoms with van der Waals surface area (Å²) < 4.78 is 33.5. The van der Waals surface area contributed by atoms with E-state index in [1.54, 1.807) is 14.1 Å². The van der Waals surface area contributed by atoms with Crippen molar-refractivity contribution in [1.82, 2.24) is 13.5 Å². The van der Waals surface area contributed by atoms with Gasteiger partial charge in [0.05, 0.1) is 12.1 Å². The third kappa shape index (κ3) is 3.99. The molecule has 0 spiro atoms. The van der Waals surface area contributed by atoms with Crippen LogP contribution in [0.1, 0.15) is 37.7 Å². The molecule has 26 heavy (non-hydrogen) atoms. The molecule has 3 heterocycles. The Morgan fingerprint density at radius 3 is 2.62 bits per heavy atom. The fraction of sp³-hybridized carbons (Fsp3) is 0.778. The average molecular weight is 386 g/mol. The highest BCUT2D eigenvalue weighted by Gasteiger charge is 2.47. The normalized spacial score (nSPS) is 28.4. The van der Waals surface area contributed by atoms with E-state index >= 15 is 0 Å². The summed E-state index contributed by atoms with van der Waals surface area (Å²) in [4.78, 5) is 2.26. The first-order chi connectivity index (χ1) is 12.2. The third-order valence-corrected chi connectivity index (χ3v) is 7.61. The first-order valence-corrected chi connectivity index (χ1v) is 10.8. The molecule has 2 saturated heterocycles. The molecular formula is C18H31N3O4S. The van der Waals surface area contributed by atoms with Crippen molar-refractivity contribution in [2.24, 2.45) is 5.92 Å². The molecule has 2 atom stereocenters. The second-order valence-electron chi connectivity index (χ2n) is 7.80. The van der Waals surface area contributed by atoms with E-state index in [-0.39, 0.29) is 5.92 Å². The van der Waals surface area contributed by atoms with Crippen LogP contribution in [0, 0.1) is 5.92 Å². The van der Waals surface area contributed by atoms with Gasteiger partial charge in [-0.05, 0) is 31.4 Å². The molecule has 0 radical (unpaired) electrons. The maximum atomic E-state index is 12.4. The summed E-state index contributed by atoms with van der Waals surface area (Å²) in [6.07, 6.45) is 3.18. The van der Waals surface area contributed by atoms with Crippen LogP contribution >= 0.6 is 0 Å². The molecule has 1 aromatic heterocycles. The second kappa shape index (κ2) is 7.59. The quantitative estimate of drug-likeness (QED) is 0.799. The van der Waals surface area contributed by atoms with Crippen LogP contribution in [-0.2, 0) is 23.2 Å². The van der Waals surface area contributed by atoms with Crippen LogP contribution in [0.3, 0.4) is 0 Å². The average Bonchev–Trinajstić information content (AvgIpc) is 3.02. The third-order valence-electron chi connectivity index (χ3n) is 5.70. The molecule has 0 unspecified atom stereocenters. The fourth-order valence-electron chi connectivity index (χ4n) is 4.03. The largest absolute Gasteiger partial charge is 0.465 e. The van der Waals surface area contributed by atoms with Crippen LogP contribution in [0.5, 0.6) is 0 Å². The van der Waals surface area contributed by atoms with Gasteiger partial charge in [0, 0.05) is 52.6 Å². The summed E-state index contributed by atoms with van der Waals surface area (Å²) in [5.74, 6) is 1.87. The van der Waals surface area contributed by atoms with Gasteiger partial charge in [-0.25, -0.2) is 0 Å². The van der Waals surface area contributed by atoms with E-state index in [1.165, 1.54) is 8.61 Å². The van der Waals surface area contributed by atoms with Gasteiger partial charge in [-0.3, -0.25) is 4.90 Å². The Morgan fingerprint density at radius 1 is 1.23 bits per heavy atom. The van der Waals surface area contributed by atoms with E-state index in [4.69, 9.17) is 4.42 Å². The van der Waals surface area contributed by atoms with Gasteiger partial charge in [-0.2, -0.15) is 17.0 Å². The van der Waals surface area contributed by atoms with Crippen LogP contribution in [0.25, 0.3) is 0 Å². The number of rotatable bonds is 6. The highest BCUT2D eigenvalue weighted by Crippen LogP contribution is 2.37. The highest BCUT2D eigenvalue weighted by atomic mass is 32.2. The van der Waals surface area contributed by atoms with E-state index in [0.29, 0.717) is 39.0 Å². The lowest BCUT2D eigenvalue weighted by molar-refractivity contribution is -0.104. The number of aryl methyl sites for hydroxylation is 1. The lowest BCUT2D eigenvalue weighted by Gasteiger charge is -2.49. The van der Waals surface area contributed by atoms with E-state index in [0.717, 1.165) is 30.9 Å². The van der Waals surface area contributed by atoms with Gasteiger partial charge in [0.25, 0.3) is 10.2 Å². The monoisotopic (exact) mass is 385 g/mol. The highest BCUT2D eigenvalue weighted by molar-refractivity contribution is 7.86. The molecule has 8 heteroatoms. The molecule has 3 rings (SSSR count). The molecule has 2 aliphatic heterocycles. The lowest BCUT2D eigenvalue weighted by atomic mass is 9.76. The molecule has 0 aromatic carbocycles. The van der Waals surface area contributed by atoms with Crippen molar-refractivity contribution in [3.05, 3.63) is 23.7 Å². The van der Waals surface area contributed by atoms with E-state index in [2.05, 4.69) is 11.8 Å². The Hall–Kier alpha value is -0.930. The minimum absolute atomic E-state index is 0.0789. The summed E-state index contributed by atoms with van der Waals surface area (Å²) in [6.45, 7) is 5.07. The molecule has 2 aliphatic rings. The SMILES string of the molecule is CCCc1ccc(CN2CC[C@@]3(O)CCN(S(=O)(=O)N(C)C)C[C@H]3C2)o1. The Labute approximate surface area is 156 Å². The van der Waals surface area contributed by atoms with E-state index in [1.807, 2.05) is 12.1 Å². The molecule has 0 amide bonds. The predicted molar refractivity (Wildman–Crippen MR) is 99.8 cm³/mol. The number of nitrogens with zero attached hydrogens (tertiary/aromatic N) is 3. The van der Waals surface area contributed by atoms with Crippen molar-refractivity contribution in [3.63, 3.8) is 0 Å². The molecule has 148 valence electrons. The Balaban J connectivity index is 1.66. The Morgan fingerprint density at radius 2 is 1.92 bits per heavy atom. The van der Waals surface area contributed by atoms with Gasteiger partial charge < -0.3 is 9.52 Å². The molecule has 0 bridgehead atoms. The molecule has 0 aliphatic carbocycles. The van der Waals surface area contributed by atoms with Crippen molar-refractivity contribution in [2.45, 2.75) is 44.8 Å². The molecule has 1 N–H and O–H groups in total. The number of hydrogen-bond donors (Lipinski definition) is 1. The minimum atomic E-state index is -3.44. The van der Waals surface area contributed by atoms with E-state index in [9.17, 15) is 13.5 Å². The maximum Gasteiger partial charge on any atom is 0.281 e. The summed E-state index contributed by atoms with van der Waals surface area (Å²) in [5, 5.41) is 11.0. The zero-order chi connectivity index (χ0) is 18.9. The summed E-state index contributed by atoms with van der Waals surface area (Å²) in [5.41, 5.74) is -0.759. The summed E-state index contributed by atoms with van der Waals surface area (Å²) in [7, 11) is -0.339. The van der Waals surface area contributed by atoms with Crippen molar-refractivity contribution in [2.75, 3.05) is 40.3 Å². The van der Waals surface area contributed by atoms with Gasteiger partial charge in [-0.1, -0.05) is 6.92 Å². The predicted octanol–water partition coefficient (Wildman–Crippen LogP) is 1.30. The Bertz CT molecular complexity index is 718. The second-order valence-corrected chi connectivity index (χ2v) is 9.94. The van der Waals surface area contributed by atoms with Crippen LogP contribution in [0.15, 0.2) is 16.5 Å². The standard InChI is InChI=1S/C18H31N3O4S/c1-4-5-16-6-7-17(25-16)14-20-10-8-18(22)9-11-21(13-15(18)12-20)26(23,24)19(2)3/h6-7,15,22H,4-5,8-14H2,1-3H3/t15-,18-/m1/s1. The Kier molecular flexibility index (Phi) is 5.79. The lowest BCUT2D eigenvalue weighted by Crippen LogP contribution is -2.61. The first kappa shape index (κ1) is 19.8. The number of hydrogen-bond acceptors (Lipinski definition) is 5. The molecular weight excluding hydrogens is 354 g/mol. The molecule has 2 fully saturated rings. The summed E-state index contributed by atoms with van der Waals surface area (Å²) in [6, 6.07) is 4.06. The van der Waals surface area contributed by atoms with Crippen molar-refractivity contribution in [1.29, 1.82) is 0 Å². The van der Waals surface area contributed by atoms with Crippen LogP contribution < -0.4 is 0 Å². The van der Waals surface area contributed by atoms with Crippen LogP contribution in [0.2, 0.25) is 0 Å². The van der Waals surface area contributed by atoms with Gasteiger partial charge in [0.2, 0.25) is 0 Å². The number of likely N-dealkylation sites (tertiary alicyclic amines) is 1. The van der Waals surface area contributed by atoms with Crippen molar-refractivity contribution >= 4 is 10.2 Å². The number of piperidine rings is 2. The number of fused-ring (bicyclic) bond motifs is 1. The van der Waals surface area contributed by atoms with Gasteiger partial charge in [0.1, 0.15) is 11.5 Å². The van der Waals surface area contributed by atoms with Crippen LogP contribution in [0.4, 0.5) is 0 Å². The number of aliphatic hydroxyl groups is 1. The van der Waals surface area contributed by atoms with Crippen LogP contribution in [-0.4, -0.2) is 72.9 Å². The van der Waals surface area contributed by atoms with Gasteiger partial charge in [-0.15, -0.1) is 0 Å². The zero-order valence-electron chi connectivity index (χ0n) is 16.0. The molecule has 7 nitrogen and oxygen atoms in total. The van der Waals surface area contributed by atoms with Gasteiger partial charge >= 0.3 is 0 Å². The van der Waals surface area contributed by atoms with Crippen molar-refractivity contribution in [3.8, 4) is 0 Å². The number of furan rings is 1. The molecule has 0 saturated carbocycles. The smallest absolute Gasteiger partial charge is 0.281 e. The van der Waals surface area contributed by atoms with Crippen molar-refractivity contribution < 1.29 is 17.9 Å². The molecule has 1 aromatic rings. The first-order valence-electron chi connectivity index (χ1n) is 9.44. The van der Waals surface area contributed by atoms with Gasteiger partial charge in [0.15, 0.2) is 0 Å². The summed E-state index contributed by atoms with van der Waals surface area (Å²) >= 11 is 0. The van der Waals surface area contributed by atoms with E-state index < -0.39 is 15.8 Å². The minimum Gasteiger partial charge on any atom is -0.465 e. The zero-order valence-corrected chi connectivity index (χ0v) is 16.8. The fourth-order valence-corrected chi connectivity index (χ4v) is 5.19. The maximum absolute atomic E-state index is 12.4. The topological polar surface area (TPSA) is 77.2 Å².